The molecule has 0 fully saturated rings. The van der Waals surface area contributed by atoms with Gasteiger partial charge in [0.2, 0.25) is 0 Å². The van der Waals surface area contributed by atoms with Gasteiger partial charge in [-0.1, -0.05) is 17.7 Å². The molecule has 2 rings (SSSR count). The summed E-state index contributed by atoms with van der Waals surface area (Å²) in [6.45, 7) is 1.83. The molecule has 6 heteroatoms. The van der Waals surface area contributed by atoms with E-state index in [-0.39, 0.29) is 5.69 Å². The Morgan fingerprint density at radius 2 is 1.86 bits per heavy atom. The highest BCUT2D eigenvalue weighted by Gasteiger charge is 2.30. The van der Waals surface area contributed by atoms with Crippen LogP contribution in [0.15, 0.2) is 46.9 Å². The first kappa shape index (κ1) is 15.6. The first-order chi connectivity index (χ1) is 9.77. The first-order valence-electron chi connectivity index (χ1n) is 6.02. The molecule has 0 aliphatic heterocycles. The Balaban J connectivity index is 2.26. The van der Waals surface area contributed by atoms with E-state index in [1.807, 2.05) is 13.0 Å². The van der Waals surface area contributed by atoms with Crippen molar-refractivity contribution in [2.24, 2.45) is 0 Å². The van der Waals surface area contributed by atoms with Crippen molar-refractivity contribution in [2.75, 3.05) is 5.32 Å². The van der Waals surface area contributed by atoms with Gasteiger partial charge in [-0.05, 0) is 53.2 Å². The fourth-order valence-corrected chi connectivity index (χ4v) is 2.21. The zero-order valence-corrected chi connectivity index (χ0v) is 12.5. The first-order valence-corrected chi connectivity index (χ1v) is 6.81. The molecule has 0 radical (unpaired) electrons. The predicted octanol–water partition coefficient (Wildman–Crippen LogP) is 5.03. The Labute approximate surface area is 128 Å². The predicted molar refractivity (Wildman–Crippen MR) is 78.3 cm³/mol. The fraction of sp³-hybridized carbons (Fsp3) is 0.133. The van der Waals surface area contributed by atoms with Crippen LogP contribution in [0.4, 0.5) is 18.9 Å². The van der Waals surface area contributed by atoms with Crippen molar-refractivity contribution in [3.63, 3.8) is 0 Å². The summed E-state index contributed by atoms with van der Waals surface area (Å²) in [6.07, 6.45) is -4.44. The highest BCUT2D eigenvalue weighted by atomic mass is 79.9. The molecule has 110 valence electrons. The lowest BCUT2D eigenvalue weighted by molar-refractivity contribution is -0.137. The van der Waals surface area contributed by atoms with Crippen molar-refractivity contribution in [1.29, 1.82) is 0 Å². The van der Waals surface area contributed by atoms with E-state index < -0.39 is 17.6 Å². The van der Waals surface area contributed by atoms with E-state index in [9.17, 15) is 18.0 Å². The third-order valence-corrected chi connectivity index (χ3v) is 3.51. The van der Waals surface area contributed by atoms with E-state index in [1.54, 1.807) is 12.1 Å². The molecule has 0 saturated heterocycles. The molecule has 2 nitrogen and oxygen atoms in total. The lowest BCUT2D eigenvalue weighted by atomic mass is 10.1. The molecule has 1 N–H and O–H groups in total. The Kier molecular flexibility index (Phi) is 4.37. The van der Waals surface area contributed by atoms with Gasteiger partial charge in [0.1, 0.15) is 0 Å². The molecule has 0 aliphatic carbocycles. The van der Waals surface area contributed by atoms with Crippen molar-refractivity contribution in [2.45, 2.75) is 13.1 Å². The van der Waals surface area contributed by atoms with Crippen LogP contribution in [0.2, 0.25) is 0 Å². The molecule has 2 aromatic rings. The maximum Gasteiger partial charge on any atom is 0.416 e. The minimum absolute atomic E-state index is 0.100. The average molecular weight is 358 g/mol. The quantitative estimate of drug-likeness (QED) is 0.802. The number of amides is 1. The van der Waals surface area contributed by atoms with E-state index in [4.69, 9.17) is 0 Å². The number of carbonyl (C=O) groups is 1. The highest BCUT2D eigenvalue weighted by Crippen LogP contribution is 2.31. The third kappa shape index (κ3) is 3.85. The van der Waals surface area contributed by atoms with Gasteiger partial charge in [-0.25, -0.2) is 0 Å². The number of alkyl halides is 3. The monoisotopic (exact) mass is 357 g/mol. The molecule has 21 heavy (non-hydrogen) atoms. The molecule has 0 aromatic heterocycles. The highest BCUT2D eigenvalue weighted by molar-refractivity contribution is 9.10. The zero-order chi connectivity index (χ0) is 15.6. The summed E-state index contributed by atoms with van der Waals surface area (Å²) in [4.78, 5) is 12.1. The van der Waals surface area contributed by atoms with Crippen LogP contribution in [0, 0.1) is 6.92 Å². The zero-order valence-electron chi connectivity index (χ0n) is 11.0. The van der Waals surface area contributed by atoms with Crippen LogP contribution in [-0.2, 0) is 6.18 Å². The van der Waals surface area contributed by atoms with E-state index in [2.05, 4.69) is 21.2 Å². The number of benzene rings is 2. The van der Waals surface area contributed by atoms with Gasteiger partial charge in [-0.15, -0.1) is 0 Å². The van der Waals surface area contributed by atoms with Gasteiger partial charge < -0.3 is 5.32 Å². The maximum atomic E-state index is 12.6. The second-order valence-electron chi connectivity index (χ2n) is 4.52. The number of carbonyl (C=O) groups excluding carboxylic acids is 1. The fourth-order valence-electron chi connectivity index (χ4n) is 1.78. The lowest BCUT2D eigenvalue weighted by Gasteiger charge is -2.11. The summed E-state index contributed by atoms with van der Waals surface area (Å²) in [5.41, 5.74) is 0.548. The van der Waals surface area contributed by atoms with E-state index in [1.165, 1.54) is 12.1 Å². The van der Waals surface area contributed by atoms with Crippen LogP contribution in [-0.4, -0.2) is 5.91 Å². The Bertz CT molecular complexity index is 683. The van der Waals surface area contributed by atoms with Gasteiger partial charge in [0.05, 0.1) is 11.1 Å². The number of halogens is 4. The molecule has 0 bridgehead atoms. The van der Waals surface area contributed by atoms with Crippen molar-refractivity contribution in [1.82, 2.24) is 0 Å². The minimum atomic E-state index is -4.44. The van der Waals surface area contributed by atoms with E-state index >= 15 is 0 Å². The van der Waals surface area contributed by atoms with Gasteiger partial charge >= 0.3 is 6.18 Å². The molecule has 0 saturated carbocycles. The second-order valence-corrected chi connectivity index (χ2v) is 5.37. The SMILES string of the molecule is Cc1ccc(Br)c(C(=O)Nc2cccc(C(F)(F)F)c2)c1. The summed E-state index contributed by atoms with van der Waals surface area (Å²) in [5.74, 6) is -0.468. The van der Waals surface area contributed by atoms with Gasteiger partial charge in [-0.2, -0.15) is 13.2 Å². The number of nitrogens with one attached hydrogen (secondary N) is 1. The minimum Gasteiger partial charge on any atom is -0.322 e. The molecule has 2 aromatic carbocycles. The van der Waals surface area contributed by atoms with Gasteiger partial charge in [0.25, 0.3) is 5.91 Å². The average Bonchev–Trinajstić information content (AvgIpc) is 2.41. The third-order valence-electron chi connectivity index (χ3n) is 2.81. The Hall–Kier alpha value is -1.82. The van der Waals surface area contributed by atoms with Crippen LogP contribution in [0.25, 0.3) is 0 Å². The molecule has 0 unspecified atom stereocenters. The number of aryl methyl sites for hydroxylation is 1. The molecule has 0 atom stereocenters. The summed E-state index contributed by atoms with van der Waals surface area (Å²) >= 11 is 3.25. The topological polar surface area (TPSA) is 29.1 Å². The summed E-state index contributed by atoms with van der Waals surface area (Å²) in [6, 6.07) is 9.73. The van der Waals surface area contributed by atoms with Crippen molar-refractivity contribution < 1.29 is 18.0 Å². The van der Waals surface area contributed by atoms with Crippen LogP contribution < -0.4 is 5.32 Å². The Morgan fingerprint density at radius 1 is 1.14 bits per heavy atom. The summed E-state index contributed by atoms with van der Waals surface area (Å²) in [7, 11) is 0. The van der Waals surface area contributed by atoms with Crippen LogP contribution in [0.3, 0.4) is 0 Å². The number of anilines is 1. The van der Waals surface area contributed by atoms with Crippen molar-refractivity contribution in [3.05, 3.63) is 63.6 Å². The van der Waals surface area contributed by atoms with E-state index in [0.29, 0.717) is 10.0 Å². The van der Waals surface area contributed by atoms with Gasteiger partial charge in [-0.3, -0.25) is 4.79 Å². The van der Waals surface area contributed by atoms with Gasteiger partial charge in [0.15, 0.2) is 0 Å². The summed E-state index contributed by atoms with van der Waals surface area (Å²) < 4.78 is 38.5. The molecule has 0 spiro atoms. The molecule has 0 heterocycles. The van der Waals surface area contributed by atoms with Crippen molar-refractivity contribution >= 4 is 27.5 Å². The van der Waals surface area contributed by atoms with Crippen LogP contribution >= 0.6 is 15.9 Å². The number of rotatable bonds is 2. The standard InChI is InChI=1S/C15H11BrF3NO/c1-9-5-6-13(16)12(7-9)14(21)20-11-4-2-3-10(8-11)15(17,18)19/h2-8H,1H3,(H,20,21). The molecule has 0 aliphatic rings. The Morgan fingerprint density at radius 3 is 2.52 bits per heavy atom. The van der Waals surface area contributed by atoms with Crippen LogP contribution in [0.5, 0.6) is 0 Å². The second kappa shape index (κ2) is 5.89. The van der Waals surface area contributed by atoms with Crippen molar-refractivity contribution in [3.8, 4) is 0 Å². The number of hydrogen-bond acceptors (Lipinski definition) is 1. The molecular formula is C15H11BrF3NO. The smallest absolute Gasteiger partial charge is 0.322 e. The van der Waals surface area contributed by atoms with Crippen LogP contribution in [0.1, 0.15) is 21.5 Å². The lowest BCUT2D eigenvalue weighted by Crippen LogP contribution is -2.14. The van der Waals surface area contributed by atoms with E-state index in [0.717, 1.165) is 17.7 Å². The van der Waals surface area contributed by atoms with Gasteiger partial charge in [0, 0.05) is 10.2 Å². The normalized spacial score (nSPS) is 11.3. The largest absolute Gasteiger partial charge is 0.416 e. The number of hydrogen-bond donors (Lipinski definition) is 1. The molecule has 1 amide bonds. The molecular weight excluding hydrogens is 347 g/mol. The maximum absolute atomic E-state index is 12.6. The summed E-state index contributed by atoms with van der Waals surface area (Å²) in [5, 5.41) is 2.47.